The summed E-state index contributed by atoms with van der Waals surface area (Å²) < 4.78 is 4.91. The van der Waals surface area contributed by atoms with Gasteiger partial charge in [0.2, 0.25) is 0 Å². The molecule has 66 valence electrons. The van der Waals surface area contributed by atoms with Crippen LogP contribution in [-0.4, -0.2) is 16.2 Å². The molecular weight excluding hydrogens is 172 g/mol. The summed E-state index contributed by atoms with van der Waals surface area (Å²) in [6.07, 6.45) is 0. The van der Waals surface area contributed by atoms with E-state index in [4.69, 9.17) is 9.52 Å². The predicted octanol–water partition coefficient (Wildman–Crippen LogP) is 1.84. The lowest BCUT2D eigenvalue weighted by atomic mass is 10.2. The molecule has 2 N–H and O–H groups in total. The molecule has 0 radical (unpaired) electrons. The van der Waals surface area contributed by atoms with Crippen LogP contribution < -0.4 is 0 Å². The van der Waals surface area contributed by atoms with E-state index in [0.717, 1.165) is 0 Å². The van der Waals surface area contributed by atoms with Crippen molar-refractivity contribution in [2.75, 3.05) is 0 Å². The summed E-state index contributed by atoms with van der Waals surface area (Å²) >= 11 is 0. The highest BCUT2D eigenvalue weighted by molar-refractivity contribution is 5.97. The second-order valence-electron chi connectivity index (χ2n) is 2.58. The van der Waals surface area contributed by atoms with E-state index in [1.807, 2.05) is 0 Å². The van der Waals surface area contributed by atoms with Gasteiger partial charge in [-0.1, -0.05) is 12.1 Å². The summed E-state index contributed by atoms with van der Waals surface area (Å²) in [4.78, 5) is 10.5. The van der Waals surface area contributed by atoms with Crippen molar-refractivity contribution in [1.82, 2.24) is 0 Å². The number of furan rings is 1. The highest BCUT2D eigenvalue weighted by Gasteiger charge is 2.18. The molecule has 0 aliphatic carbocycles. The number of carbonyl (C=O) groups is 1. The molecule has 0 saturated heterocycles. The minimum Gasteiger partial charge on any atom is -0.504 e. The summed E-state index contributed by atoms with van der Waals surface area (Å²) in [5.41, 5.74) is 0.373. The predicted molar refractivity (Wildman–Crippen MR) is 44.8 cm³/mol. The molecule has 1 aromatic heterocycles. The van der Waals surface area contributed by atoms with Gasteiger partial charge in [-0.05, 0) is 12.1 Å². The van der Waals surface area contributed by atoms with Crippen LogP contribution in [0.2, 0.25) is 0 Å². The molecule has 0 spiro atoms. The Hall–Kier alpha value is -1.97. The maximum absolute atomic E-state index is 10.5. The van der Waals surface area contributed by atoms with E-state index in [0.29, 0.717) is 11.0 Å². The molecule has 0 atom stereocenters. The fourth-order valence-electron chi connectivity index (χ4n) is 1.18. The molecule has 0 aliphatic heterocycles. The Bertz CT molecular complexity index is 469. The van der Waals surface area contributed by atoms with E-state index in [1.54, 1.807) is 24.3 Å². The van der Waals surface area contributed by atoms with E-state index in [-0.39, 0.29) is 5.75 Å². The van der Waals surface area contributed by atoms with Crippen LogP contribution in [0.5, 0.6) is 5.75 Å². The van der Waals surface area contributed by atoms with Gasteiger partial charge in [0.1, 0.15) is 5.58 Å². The number of carboxylic acid groups (broad SMARTS) is 1. The minimum absolute atomic E-state index is 0.317. The first kappa shape index (κ1) is 7.67. The van der Waals surface area contributed by atoms with E-state index >= 15 is 0 Å². The Balaban J connectivity index is 2.81. The molecule has 0 fully saturated rings. The van der Waals surface area contributed by atoms with Crippen molar-refractivity contribution in [2.45, 2.75) is 0 Å². The fraction of sp³-hybridized carbons (Fsp3) is 0. The van der Waals surface area contributed by atoms with Crippen LogP contribution in [-0.2, 0) is 0 Å². The Kier molecular flexibility index (Phi) is 1.48. The zero-order valence-corrected chi connectivity index (χ0v) is 6.52. The number of aromatic carboxylic acids is 1. The molecule has 0 bridgehead atoms. The fourth-order valence-corrected chi connectivity index (χ4v) is 1.18. The largest absolute Gasteiger partial charge is 0.504 e. The van der Waals surface area contributed by atoms with Crippen LogP contribution in [0.3, 0.4) is 0 Å². The van der Waals surface area contributed by atoms with Gasteiger partial charge in [-0.25, -0.2) is 4.79 Å². The van der Waals surface area contributed by atoms with E-state index in [9.17, 15) is 9.90 Å². The number of carboxylic acids is 1. The highest BCUT2D eigenvalue weighted by Crippen LogP contribution is 2.31. The van der Waals surface area contributed by atoms with Gasteiger partial charge in [-0.2, -0.15) is 0 Å². The quantitative estimate of drug-likeness (QED) is 0.698. The molecule has 0 amide bonds. The van der Waals surface area contributed by atoms with Gasteiger partial charge in [-0.15, -0.1) is 0 Å². The Morgan fingerprint density at radius 1 is 1.31 bits per heavy atom. The van der Waals surface area contributed by atoms with Crippen molar-refractivity contribution in [3.63, 3.8) is 0 Å². The molecule has 4 heteroatoms. The first-order valence-electron chi connectivity index (χ1n) is 3.64. The van der Waals surface area contributed by atoms with Gasteiger partial charge in [0.15, 0.2) is 5.75 Å². The lowest BCUT2D eigenvalue weighted by Crippen LogP contribution is -1.92. The molecule has 1 heterocycles. The smallest absolute Gasteiger partial charge is 0.375 e. The number of fused-ring (bicyclic) bond motifs is 1. The second kappa shape index (κ2) is 2.52. The second-order valence-corrected chi connectivity index (χ2v) is 2.58. The normalized spacial score (nSPS) is 10.5. The van der Waals surface area contributed by atoms with E-state index < -0.39 is 11.7 Å². The van der Waals surface area contributed by atoms with E-state index in [2.05, 4.69) is 0 Å². The third kappa shape index (κ3) is 1.03. The lowest BCUT2D eigenvalue weighted by Gasteiger charge is -1.86. The molecule has 2 aromatic rings. The Labute approximate surface area is 73.0 Å². The molecule has 4 nitrogen and oxygen atoms in total. The molecule has 0 unspecified atom stereocenters. The average molecular weight is 178 g/mol. The lowest BCUT2D eigenvalue weighted by molar-refractivity contribution is 0.0660. The van der Waals surface area contributed by atoms with Crippen molar-refractivity contribution < 1.29 is 19.4 Å². The van der Waals surface area contributed by atoms with Crippen LogP contribution in [0.15, 0.2) is 28.7 Å². The van der Waals surface area contributed by atoms with Crippen molar-refractivity contribution in [1.29, 1.82) is 0 Å². The maximum atomic E-state index is 10.5. The van der Waals surface area contributed by atoms with Gasteiger partial charge in [-0.3, -0.25) is 0 Å². The molecule has 2 rings (SSSR count). The number of benzene rings is 1. The minimum atomic E-state index is -1.27. The Morgan fingerprint density at radius 3 is 2.62 bits per heavy atom. The average Bonchev–Trinajstić information content (AvgIpc) is 2.45. The van der Waals surface area contributed by atoms with Crippen LogP contribution >= 0.6 is 0 Å². The van der Waals surface area contributed by atoms with Crippen LogP contribution in [0, 0.1) is 0 Å². The summed E-state index contributed by atoms with van der Waals surface area (Å²) in [5, 5.41) is 18.4. The van der Waals surface area contributed by atoms with Crippen molar-refractivity contribution >= 4 is 16.9 Å². The Morgan fingerprint density at radius 2 is 2.00 bits per heavy atom. The van der Waals surface area contributed by atoms with Crippen molar-refractivity contribution in [3.05, 3.63) is 30.0 Å². The summed E-state index contributed by atoms with van der Waals surface area (Å²) in [5.74, 6) is -2.00. The number of rotatable bonds is 1. The molecule has 1 aromatic carbocycles. The van der Waals surface area contributed by atoms with E-state index in [1.165, 1.54) is 0 Å². The van der Waals surface area contributed by atoms with Gasteiger partial charge in [0.25, 0.3) is 5.76 Å². The number of para-hydroxylation sites is 1. The van der Waals surface area contributed by atoms with Gasteiger partial charge >= 0.3 is 5.97 Å². The first-order valence-corrected chi connectivity index (χ1v) is 3.64. The zero-order valence-electron chi connectivity index (χ0n) is 6.52. The monoisotopic (exact) mass is 178 g/mol. The third-order valence-corrected chi connectivity index (χ3v) is 1.76. The molecule has 13 heavy (non-hydrogen) atoms. The summed E-state index contributed by atoms with van der Waals surface area (Å²) in [6, 6.07) is 6.60. The van der Waals surface area contributed by atoms with Crippen LogP contribution in [0.25, 0.3) is 11.0 Å². The zero-order chi connectivity index (χ0) is 9.42. The van der Waals surface area contributed by atoms with Gasteiger partial charge in [0.05, 0.1) is 5.39 Å². The standard InChI is InChI=1S/C9H6O4/c10-7-5-3-1-2-4-6(5)13-8(7)9(11)12/h1-4,10H,(H,11,12). The highest BCUT2D eigenvalue weighted by atomic mass is 16.4. The van der Waals surface area contributed by atoms with Gasteiger partial charge in [0, 0.05) is 0 Å². The third-order valence-electron chi connectivity index (χ3n) is 1.76. The number of aromatic hydroxyl groups is 1. The van der Waals surface area contributed by atoms with Crippen LogP contribution in [0.1, 0.15) is 10.6 Å². The van der Waals surface area contributed by atoms with Crippen molar-refractivity contribution in [3.8, 4) is 5.75 Å². The summed E-state index contributed by atoms with van der Waals surface area (Å²) in [7, 11) is 0. The maximum Gasteiger partial charge on any atom is 0.375 e. The number of hydrogen-bond acceptors (Lipinski definition) is 3. The molecule has 0 aliphatic rings. The summed E-state index contributed by atoms with van der Waals surface area (Å²) in [6.45, 7) is 0. The van der Waals surface area contributed by atoms with Gasteiger partial charge < -0.3 is 14.6 Å². The molecule has 0 saturated carbocycles. The first-order chi connectivity index (χ1) is 6.20. The van der Waals surface area contributed by atoms with Crippen LogP contribution in [0.4, 0.5) is 0 Å². The SMILES string of the molecule is O=C(O)c1oc2ccccc2c1O. The molecular formula is C9H6O4. The number of hydrogen-bond donors (Lipinski definition) is 2. The van der Waals surface area contributed by atoms with Crippen molar-refractivity contribution in [2.24, 2.45) is 0 Å². The topological polar surface area (TPSA) is 70.7 Å².